The van der Waals surface area contributed by atoms with Crippen molar-refractivity contribution in [2.45, 2.75) is 18.1 Å². The minimum Gasteiger partial charge on any atom is -0.346 e. The van der Waals surface area contributed by atoms with Crippen LogP contribution in [0, 0.1) is 11.3 Å². The molecule has 0 spiro atoms. The highest BCUT2D eigenvalue weighted by Gasteiger charge is 2.58. The van der Waals surface area contributed by atoms with E-state index in [1.807, 2.05) is 18.2 Å². The van der Waals surface area contributed by atoms with E-state index in [2.05, 4.69) is 10.3 Å². The van der Waals surface area contributed by atoms with E-state index < -0.39 is 43.0 Å². The molecule has 7 nitrogen and oxygen atoms in total. The predicted octanol–water partition coefficient (Wildman–Crippen LogP) is 4.02. The van der Waals surface area contributed by atoms with Crippen molar-refractivity contribution >= 4 is 34.3 Å². The van der Waals surface area contributed by atoms with E-state index in [1.54, 1.807) is 30.3 Å². The lowest BCUT2D eigenvalue weighted by Crippen LogP contribution is -2.51. The lowest BCUT2D eigenvalue weighted by Gasteiger charge is -2.29. The molecule has 1 aliphatic rings. The molecular weight excluding hydrogens is 466 g/mol. The fraction of sp³-hybridized carbons (Fsp3) is 0.250. The lowest BCUT2D eigenvalue weighted by molar-refractivity contribution is -0.147. The topological polar surface area (TPSA) is 95.3 Å². The van der Waals surface area contributed by atoms with Crippen molar-refractivity contribution in [3.8, 4) is 17.2 Å². The van der Waals surface area contributed by atoms with Crippen LogP contribution in [-0.4, -0.2) is 53.5 Å². The Hall–Kier alpha value is -3.61. The molecule has 0 bridgehead atoms. The Balaban J connectivity index is 1.56. The zero-order valence-corrected chi connectivity index (χ0v) is 18.8. The highest BCUT2D eigenvalue weighted by molar-refractivity contribution is 6.30. The van der Waals surface area contributed by atoms with Gasteiger partial charge in [-0.25, -0.2) is 8.78 Å². The molecule has 174 valence electrons. The molecule has 2 amide bonds. The summed E-state index contributed by atoms with van der Waals surface area (Å²) in [5.74, 6) is -4.71. The number of rotatable bonds is 5. The summed E-state index contributed by atoms with van der Waals surface area (Å²) in [4.78, 5) is 30.5. The van der Waals surface area contributed by atoms with E-state index in [1.165, 1.54) is 12.3 Å². The lowest BCUT2D eigenvalue weighted by atomic mass is 10.0. The van der Waals surface area contributed by atoms with Gasteiger partial charge in [0.2, 0.25) is 11.6 Å². The summed E-state index contributed by atoms with van der Waals surface area (Å²) >= 11 is 5.96. The van der Waals surface area contributed by atoms with Gasteiger partial charge in [0.05, 0.1) is 30.6 Å². The average Bonchev–Trinajstić information content (AvgIpc) is 3.13. The number of nitrogens with one attached hydrogen (secondary N) is 1. The van der Waals surface area contributed by atoms with Gasteiger partial charge in [-0.2, -0.15) is 5.26 Å². The molecule has 4 rings (SSSR count). The Morgan fingerprint density at radius 2 is 1.91 bits per heavy atom. The average molecular weight is 485 g/mol. The number of methoxy groups -OCH3 is 1. The molecule has 0 saturated carbocycles. The number of nitriles is 1. The summed E-state index contributed by atoms with van der Waals surface area (Å²) in [5.41, 5.74) is 0.472. The van der Waals surface area contributed by atoms with Gasteiger partial charge in [0.25, 0.3) is 11.8 Å². The van der Waals surface area contributed by atoms with Crippen LogP contribution in [0.15, 0.2) is 54.7 Å². The number of aromatic nitrogens is 1. The zero-order valence-electron chi connectivity index (χ0n) is 18.0. The molecule has 1 fully saturated rings. The largest absolute Gasteiger partial charge is 0.346 e. The van der Waals surface area contributed by atoms with E-state index in [4.69, 9.17) is 16.3 Å². The Morgan fingerprint density at radius 3 is 2.59 bits per heavy atom. The fourth-order valence-electron chi connectivity index (χ4n) is 3.99. The number of benzene rings is 2. The van der Waals surface area contributed by atoms with Crippen LogP contribution in [0.4, 0.5) is 8.78 Å². The van der Waals surface area contributed by atoms with Crippen LogP contribution in [0.25, 0.3) is 22.0 Å². The van der Waals surface area contributed by atoms with Crippen molar-refractivity contribution in [3.05, 3.63) is 65.3 Å². The van der Waals surface area contributed by atoms with E-state index >= 15 is 0 Å². The molecule has 1 atom stereocenters. The monoisotopic (exact) mass is 484 g/mol. The van der Waals surface area contributed by atoms with Crippen molar-refractivity contribution < 1.29 is 23.1 Å². The van der Waals surface area contributed by atoms with Crippen molar-refractivity contribution in [1.82, 2.24) is 15.2 Å². The molecule has 3 aromatic rings. The summed E-state index contributed by atoms with van der Waals surface area (Å²) in [6.45, 7) is -1.55. The maximum atomic E-state index is 13.9. The maximum Gasteiger partial charge on any atom is 0.271 e. The molecule has 1 N–H and O–H groups in total. The van der Waals surface area contributed by atoms with E-state index in [-0.39, 0.29) is 5.56 Å². The smallest absolute Gasteiger partial charge is 0.271 e. The van der Waals surface area contributed by atoms with Crippen molar-refractivity contribution in [2.75, 3.05) is 20.2 Å². The number of halogens is 3. The molecule has 1 saturated heterocycles. The Bertz CT molecular complexity index is 1310. The summed E-state index contributed by atoms with van der Waals surface area (Å²) in [5, 5.41) is 13.0. The van der Waals surface area contributed by atoms with Crippen LogP contribution < -0.4 is 5.32 Å². The van der Waals surface area contributed by atoms with Gasteiger partial charge in [0.15, 0.2) is 0 Å². The summed E-state index contributed by atoms with van der Waals surface area (Å²) in [6, 6.07) is 15.8. The third-order valence-electron chi connectivity index (χ3n) is 5.70. The molecule has 0 unspecified atom stereocenters. The third kappa shape index (κ3) is 4.42. The second-order valence-electron chi connectivity index (χ2n) is 7.89. The van der Waals surface area contributed by atoms with Crippen molar-refractivity contribution in [1.29, 1.82) is 5.26 Å². The minimum atomic E-state index is -3.27. The first kappa shape index (κ1) is 23.5. The molecule has 34 heavy (non-hydrogen) atoms. The number of pyridine rings is 1. The number of hydrogen-bond acceptors (Lipinski definition) is 5. The fourth-order valence-corrected chi connectivity index (χ4v) is 4.12. The summed E-state index contributed by atoms with van der Waals surface area (Å²) < 4.78 is 32.8. The van der Waals surface area contributed by atoms with Gasteiger partial charge in [-0.05, 0) is 41.5 Å². The summed E-state index contributed by atoms with van der Waals surface area (Å²) in [6.07, 6.45) is 0.531. The number of ether oxygens (including phenoxy) is 1. The highest BCUT2D eigenvalue weighted by Crippen LogP contribution is 2.39. The number of carbonyl (C=O) groups is 2. The molecule has 1 aromatic heterocycles. The second kappa shape index (κ2) is 8.97. The maximum absolute atomic E-state index is 13.9. The Labute approximate surface area is 198 Å². The van der Waals surface area contributed by atoms with Crippen molar-refractivity contribution in [3.63, 3.8) is 0 Å². The number of alkyl halides is 2. The molecular formula is C24H19ClF2N4O3. The predicted molar refractivity (Wildman–Crippen MR) is 121 cm³/mol. The van der Waals surface area contributed by atoms with Gasteiger partial charge in [-0.1, -0.05) is 29.8 Å². The van der Waals surface area contributed by atoms with E-state index in [0.29, 0.717) is 20.8 Å². The minimum absolute atomic E-state index is 0.263. The van der Waals surface area contributed by atoms with Crippen molar-refractivity contribution in [2.24, 2.45) is 0 Å². The molecule has 0 aliphatic carbocycles. The van der Waals surface area contributed by atoms with Gasteiger partial charge in [-0.3, -0.25) is 19.5 Å². The first-order valence-corrected chi connectivity index (χ1v) is 10.6. The third-order valence-corrected chi connectivity index (χ3v) is 5.95. The SMILES string of the molecule is CO[C@@]1(C#N)CC(F)(F)CN1C(=O)CNC(=O)c1ccnc2ccc(-c3ccc(Cl)cc3)cc12. The highest BCUT2D eigenvalue weighted by atomic mass is 35.5. The number of amides is 2. The molecule has 2 heterocycles. The van der Waals surface area contributed by atoms with Gasteiger partial charge in [-0.15, -0.1) is 0 Å². The molecule has 10 heteroatoms. The Kier molecular flexibility index (Phi) is 6.21. The quantitative estimate of drug-likeness (QED) is 0.590. The van der Waals surface area contributed by atoms with Crippen LogP contribution >= 0.6 is 11.6 Å². The number of nitrogens with zero attached hydrogens (tertiary/aromatic N) is 3. The van der Waals surface area contributed by atoms with Gasteiger partial charge >= 0.3 is 0 Å². The first-order valence-electron chi connectivity index (χ1n) is 10.3. The molecule has 2 aromatic carbocycles. The van der Waals surface area contributed by atoms with Crippen LogP contribution in [-0.2, 0) is 9.53 Å². The Morgan fingerprint density at radius 1 is 1.21 bits per heavy atom. The van der Waals surface area contributed by atoms with Gasteiger partial charge in [0.1, 0.15) is 6.07 Å². The van der Waals surface area contributed by atoms with Gasteiger partial charge < -0.3 is 10.1 Å². The number of hydrogen-bond donors (Lipinski definition) is 1. The van der Waals surface area contributed by atoms with Crippen LogP contribution in [0.3, 0.4) is 0 Å². The number of likely N-dealkylation sites (tertiary alicyclic amines) is 1. The zero-order chi connectivity index (χ0) is 24.5. The number of carbonyl (C=O) groups excluding carboxylic acids is 2. The molecule has 1 aliphatic heterocycles. The van der Waals surface area contributed by atoms with Crippen LogP contribution in [0.5, 0.6) is 0 Å². The second-order valence-corrected chi connectivity index (χ2v) is 8.33. The van der Waals surface area contributed by atoms with E-state index in [0.717, 1.165) is 18.2 Å². The standard InChI is InChI=1S/C24H19ClF2N4O3/c1-34-24(13-28)12-23(26,27)14-31(24)21(32)11-30-22(33)18-8-9-29-20-7-4-16(10-19(18)20)15-2-5-17(25)6-3-15/h2-10H,11-12,14H2,1H3,(H,30,33)/t24-/m1/s1. The first-order chi connectivity index (χ1) is 16.2. The van der Waals surface area contributed by atoms with Gasteiger partial charge in [0, 0.05) is 23.7 Å². The normalized spacial score (nSPS) is 19.1. The van der Waals surface area contributed by atoms with Crippen LogP contribution in [0.2, 0.25) is 5.02 Å². The number of fused-ring (bicyclic) bond motifs is 1. The van der Waals surface area contributed by atoms with Crippen LogP contribution in [0.1, 0.15) is 16.8 Å². The molecule has 0 radical (unpaired) electrons. The van der Waals surface area contributed by atoms with E-state index in [9.17, 15) is 23.6 Å². The summed E-state index contributed by atoms with van der Waals surface area (Å²) in [7, 11) is 1.09.